The van der Waals surface area contributed by atoms with E-state index in [1.807, 2.05) is 30.1 Å². The number of hydrogen-bond acceptors (Lipinski definition) is 9. The summed E-state index contributed by atoms with van der Waals surface area (Å²) < 4.78 is 58.1. The van der Waals surface area contributed by atoms with Gasteiger partial charge in [0, 0.05) is 89.8 Å². The molecule has 4 aliphatic rings. The Bertz CT molecular complexity index is 2110. The van der Waals surface area contributed by atoms with Gasteiger partial charge in [-0.1, -0.05) is 24.3 Å². The molecule has 4 aromatic rings. The number of likely N-dealkylation sites (N-methyl/N-ethyl adjacent to an activating group) is 2. The molecule has 4 aliphatic heterocycles. The highest BCUT2D eigenvalue weighted by atomic mass is 19.4. The first-order chi connectivity index (χ1) is 26.9. The maximum absolute atomic E-state index is 15.2. The molecule has 15 heteroatoms. The normalized spacial score (nSPS) is 19.6. The van der Waals surface area contributed by atoms with E-state index in [0.717, 1.165) is 36.3 Å². The van der Waals surface area contributed by atoms with Gasteiger partial charge in [0.2, 0.25) is 6.79 Å². The van der Waals surface area contributed by atoms with Crippen LogP contribution in [0, 0.1) is 0 Å². The smallest absolute Gasteiger partial charge is 0.432 e. The third kappa shape index (κ3) is 7.31. The number of ether oxygens (including phenoxy) is 2. The minimum absolute atomic E-state index is 0.0272. The fraction of sp³-hybridized carbons (Fsp3) is 0.415. The lowest BCUT2D eigenvalue weighted by molar-refractivity contribution is -0.143. The van der Waals surface area contributed by atoms with Gasteiger partial charge in [0.05, 0.1) is 16.8 Å². The first-order valence-electron chi connectivity index (χ1n) is 18.9. The summed E-state index contributed by atoms with van der Waals surface area (Å²) in [5.41, 5.74) is 1.15. The molecule has 3 aromatic carbocycles. The lowest BCUT2D eigenvalue weighted by Gasteiger charge is -2.41. The van der Waals surface area contributed by atoms with Crippen LogP contribution in [-0.4, -0.2) is 132 Å². The number of piperazine rings is 2. The maximum Gasteiger partial charge on any atom is 0.432 e. The number of benzene rings is 3. The number of phenolic OH excluding ortho intramolecular Hbond substituents is 1. The van der Waals surface area contributed by atoms with Crippen LogP contribution < -0.4 is 14.5 Å². The SMILES string of the molecule is CN1CCN(C[C@@H]2Cc3ccccc3CN2C(=O)c2cc3c(cc2-c2cc(C(=O)N(c4ccc(O)cc4)N4CCN(C)CC4)c(C(F)(F)F)n2C)OCO3)CC1. The second-order valence-electron chi connectivity index (χ2n) is 15.2. The average Bonchev–Trinajstić information content (AvgIpc) is 3.80. The average molecular weight is 774 g/mol. The highest BCUT2D eigenvalue weighted by Crippen LogP contribution is 2.44. The molecule has 56 heavy (non-hydrogen) atoms. The molecule has 1 aromatic heterocycles. The quantitative estimate of drug-likeness (QED) is 0.285. The van der Waals surface area contributed by atoms with Gasteiger partial charge in [0.15, 0.2) is 11.5 Å². The first kappa shape index (κ1) is 37.8. The Balaban J connectivity index is 1.23. The van der Waals surface area contributed by atoms with Crippen LogP contribution in [0.25, 0.3) is 11.3 Å². The van der Waals surface area contributed by atoms with Crippen LogP contribution in [0.2, 0.25) is 0 Å². The largest absolute Gasteiger partial charge is 0.508 e. The van der Waals surface area contributed by atoms with E-state index < -0.39 is 23.3 Å². The van der Waals surface area contributed by atoms with Crippen LogP contribution in [0.3, 0.4) is 0 Å². The summed E-state index contributed by atoms with van der Waals surface area (Å²) in [5.74, 6) is -0.665. The molecule has 0 aliphatic carbocycles. The third-order valence-corrected chi connectivity index (χ3v) is 11.5. The number of hydrogen-bond donors (Lipinski definition) is 1. The minimum atomic E-state index is -4.94. The van der Waals surface area contributed by atoms with Crippen LogP contribution >= 0.6 is 0 Å². The fourth-order valence-electron chi connectivity index (χ4n) is 8.28. The van der Waals surface area contributed by atoms with E-state index in [1.54, 1.807) is 17.1 Å². The number of fused-ring (bicyclic) bond motifs is 2. The van der Waals surface area contributed by atoms with Gasteiger partial charge in [-0.15, -0.1) is 0 Å². The predicted octanol–water partition coefficient (Wildman–Crippen LogP) is 4.77. The van der Waals surface area contributed by atoms with E-state index in [9.17, 15) is 9.90 Å². The van der Waals surface area contributed by atoms with Gasteiger partial charge in [-0.2, -0.15) is 13.2 Å². The van der Waals surface area contributed by atoms with Crippen molar-refractivity contribution in [3.63, 3.8) is 0 Å². The van der Waals surface area contributed by atoms with Crippen molar-refractivity contribution in [1.82, 2.24) is 29.2 Å². The topological polar surface area (TPSA) is 97.2 Å². The number of aromatic hydroxyl groups is 1. The van der Waals surface area contributed by atoms with Crippen LogP contribution in [0.5, 0.6) is 17.2 Å². The van der Waals surface area contributed by atoms with Crippen LogP contribution in [0.4, 0.5) is 18.9 Å². The molecule has 2 saturated heterocycles. The molecule has 1 N–H and O–H groups in total. The highest BCUT2D eigenvalue weighted by Gasteiger charge is 2.43. The Hall–Kier alpha value is -5.09. The molecule has 12 nitrogen and oxygen atoms in total. The number of nitrogens with zero attached hydrogens (tertiary/aromatic N) is 7. The van der Waals surface area contributed by atoms with Gasteiger partial charge in [0.1, 0.15) is 11.4 Å². The number of phenols is 1. The van der Waals surface area contributed by atoms with E-state index in [0.29, 0.717) is 62.9 Å². The Labute approximate surface area is 323 Å². The molecule has 0 saturated carbocycles. The lowest BCUT2D eigenvalue weighted by atomic mass is 9.92. The number of amides is 2. The molecular weight excluding hydrogens is 727 g/mol. The van der Waals surface area contributed by atoms with Crippen LogP contribution in [-0.2, 0) is 26.2 Å². The van der Waals surface area contributed by atoms with Gasteiger partial charge in [-0.25, -0.2) is 10.0 Å². The zero-order valence-corrected chi connectivity index (χ0v) is 31.8. The van der Waals surface area contributed by atoms with E-state index >= 15 is 18.0 Å². The number of carbonyl (C=O) groups excluding carboxylic acids is 2. The number of alkyl halides is 3. The Morgan fingerprint density at radius 1 is 0.804 bits per heavy atom. The van der Waals surface area contributed by atoms with Gasteiger partial charge < -0.3 is 33.8 Å². The van der Waals surface area contributed by atoms with E-state index in [4.69, 9.17) is 9.47 Å². The summed E-state index contributed by atoms with van der Waals surface area (Å²) in [6, 6.07) is 18.0. The molecule has 296 valence electrons. The van der Waals surface area contributed by atoms with E-state index in [-0.39, 0.29) is 41.3 Å². The second-order valence-corrected chi connectivity index (χ2v) is 15.2. The second kappa shape index (κ2) is 15.1. The molecule has 2 amide bonds. The van der Waals surface area contributed by atoms with Crippen molar-refractivity contribution < 1.29 is 37.3 Å². The fourth-order valence-corrected chi connectivity index (χ4v) is 8.28. The number of aromatic nitrogens is 1. The molecule has 0 radical (unpaired) electrons. The van der Waals surface area contributed by atoms with Crippen LogP contribution in [0.15, 0.2) is 66.7 Å². The van der Waals surface area contributed by atoms with Crippen molar-refractivity contribution >= 4 is 17.5 Å². The minimum Gasteiger partial charge on any atom is -0.508 e. The number of rotatable bonds is 7. The molecular formula is C41H46F3N7O5. The highest BCUT2D eigenvalue weighted by molar-refractivity contribution is 6.08. The first-order valence-corrected chi connectivity index (χ1v) is 18.9. The Morgan fingerprint density at radius 3 is 2.09 bits per heavy atom. The van der Waals surface area contributed by atoms with Crippen molar-refractivity contribution in [2.24, 2.45) is 7.05 Å². The summed E-state index contributed by atoms with van der Waals surface area (Å²) >= 11 is 0. The molecule has 5 heterocycles. The van der Waals surface area contributed by atoms with Gasteiger partial charge >= 0.3 is 6.18 Å². The van der Waals surface area contributed by atoms with Crippen molar-refractivity contribution in [3.05, 3.63) is 94.7 Å². The molecule has 0 unspecified atom stereocenters. The Morgan fingerprint density at radius 2 is 1.43 bits per heavy atom. The van der Waals surface area contributed by atoms with Crippen LogP contribution in [0.1, 0.15) is 37.5 Å². The third-order valence-electron chi connectivity index (χ3n) is 11.5. The van der Waals surface area contributed by atoms with Gasteiger partial charge in [0.25, 0.3) is 11.8 Å². The number of anilines is 1. The maximum atomic E-state index is 15.2. The van der Waals surface area contributed by atoms with Crippen molar-refractivity contribution in [1.29, 1.82) is 0 Å². The Kier molecular flexibility index (Phi) is 10.2. The molecule has 2 fully saturated rings. The number of hydrazine groups is 1. The summed E-state index contributed by atoms with van der Waals surface area (Å²) in [6.07, 6.45) is -4.31. The summed E-state index contributed by atoms with van der Waals surface area (Å²) in [6.45, 7) is 6.39. The monoisotopic (exact) mass is 773 g/mol. The predicted molar refractivity (Wildman–Crippen MR) is 204 cm³/mol. The van der Waals surface area contributed by atoms with Gasteiger partial charge in [-0.3, -0.25) is 14.5 Å². The van der Waals surface area contributed by atoms with E-state index in [2.05, 4.69) is 27.8 Å². The summed E-state index contributed by atoms with van der Waals surface area (Å²) in [5, 5.41) is 13.0. The number of halogens is 3. The van der Waals surface area contributed by atoms with Crippen molar-refractivity contribution in [2.45, 2.75) is 25.2 Å². The standard InChI is InChI=1S/C41H46F3N7O5/c1-45-12-16-48(17-13-45)25-30-20-27-6-4-5-7-28(27)24-50(30)39(53)33-23-37-36(55-26-56-37)22-32(33)35-21-34(38(47(35)3)41(42,43)44)40(54)51(29-8-10-31(52)11-9-29)49-18-14-46(2)15-19-49/h4-11,21-23,30,52H,12-20,24-26H2,1-3H3/t30-/m0/s1. The zero-order valence-electron chi connectivity index (χ0n) is 31.8. The molecule has 0 bridgehead atoms. The molecule has 8 rings (SSSR count). The molecule has 1 atom stereocenters. The lowest BCUT2D eigenvalue weighted by Crippen LogP contribution is -2.55. The van der Waals surface area contributed by atoms with E-state index in [1.165, 1.54) is 48.0 Å². The van der Waals surface area contributed by atoms with Crippen molar-refractivity contribution in [2.75, 3.05) is 84.8 Å². The number of carbonyl (C=O) groups is 2. The summed E-state index contributed by atoms with van der Waals surface area (Å²) in [4.78, 5) is 38.3. The van der Waals surface area contributed by atoms with Crippen molar-refractivity contribution in [3.8, 4) is 28.5 Å². The van der Waals surface area contributed by atoms with Gasteiger partial charge in [-0.05, 0) is 74.1 Å². The summed E-state index contributed by atoms with van der Waals surface area (Å²) in [7, 11) is 5.30. The molecule has 0 spiro atoms. The zero-order chi connectivity index (χ0) is 39.3.